The van der Waals surface area contributed by atoms with Crippen LogP contribution in [0.25, 0.3) is 32.7 Å². The summed E-state index contributed by atoms with van der Waals surface area (Å²) >= 11 is 0. The van der Waals surface area contributed by atoms with E-state index in [9.17, 15) is 0 Å². The van der Waals surface area contributed by atoms with Gasteiger partial charge in [0.05, 0.1) is 13.2 Å². The quantitative estimate of drug-likeness (QED) is 0.170. The summed E-state index contributed by atoms with van der Waals surface area (Å²) in [5.41, 5.74) is 9.91. The van der Waals surface area contributed by atoms with Gasteiger partial charge >= 0.3 is 0 Å². The lowest BCUT2D eigenvalue weighted by atomic mass is 9.86. The molecule has 4 bridgehead atoms. The summed E-state index contributed by atoms with van der Waals surface area (Å²) in [6, 6.07) is 33.3. The summed E-state index contributed by atoms with van der Waals surface area (Å²) in [6.45, 7) is 6.55. The maximum absolute atomic E-state index is 6.72. The van der Waals surface area contributed by atoms with Crippen LogP contribution in [-0.2, 0) is 4.74 Å². The van der Waals surface area contributed by atoms with E-state index in [0.717, 1.165) is 50.0 Å². The highest BCUT2D eigenvalue weighted by Crippen LogP contribution is 2.54. The van der Waals surface area contributed by atoms with E-state index in [4.69, 9.17) is 4.74 Å². The van der Waals surface area contributed by atoms with Gasteiger partial charge in [0.1, 0.15) is 0 Å². The number of hydrogen-bond acceptors (Lipinski definition) is 3. The van der Waals surface area contributed by atoms with Crippen LogP contribution < -0.4 is 0 Å². The van der Waals surface area contributed by atoms with Crippen LogP contribution in [0, 0.1) is 23.7 Å². The van der Waals surface area contributed by atoms with E-state index in [-0.39, 0.29) is 0 Å². The Kier molecular flexibility index (Phi) is 8.00. The average molecular weight is 649 g/mol. The first-order valence-electron chi connectivity index (χ1n) is 19.8. The Labute approximate surface area is 293 Å². The molecule has 3 nitrogen and oxygen atoms in total. The molecule has 2 saturated carbocycles. The van der Waals surface area contributed by atoms with Crippen LogP contribution >= 0.6 is 0 Å². The molecule has 2 heterocycles. The summed E-state index contributed by atoms with van der Waals surface area (Å²) in [7, 11) is 0. The van der Waals surface area contributed by atoms with Crippen LogP contribution in [0.5, 0.6) is 0 Å². The van der Waals surface area contributed by atoms with Crippen LogP contribution in [-0.4, -0.2) is 61.3 Å². The van der Waals surface area contributed by atoms with Crippen molar-refractivity contribution >= 4 is 32.7 Å². The number of nitrogens with zero attached hydrogens (tertiary/aromatic N) is 2. The largest absolute Gasteiger partial charge is 0.378 e. The van der Waals surface area contributed by atoms with Crippen molar-refractivity contribution in [3.05, 3.63) is 107 Å². The van der Waals surface area contributed by atoms with Crippen molar-refractivity contribution in [1.82, 2.24) is 9.80 Å². The van der Waals surface area contributed by atoms with E-state index in [1.54, 1.807) is 22.3 Å². The third-order valence-corrected chi connectivity index (χ3v) is 13.8. The topological polar surface area (TPSA) is 15.7 Å². The van der Waals surface area contributed by atoms with Crippen LogP contribution in [0.1, 0.15) is 75.3 Å². The highest BCUT2D eigenvalue weighted by molar-refractivity contribution is 5.89. The molecule has 10 rings (SSSR count). The first kappa shape index (κ1) is 30.6. The molecule has 2 saturated heterocycles. The Morgan fingerprint density at radius 3 is 1.43 bits per heavy atom. The fraction of sp³-hybridized carbons (Fsp3) is 0.478. The molecule has 4 fully saturated rings. The Morgan fingerprint density at radius 2 is 0.939 bits per heavy atom. The molecule has 252 valence electrons. The first-order valence-corrected chi connectivity index (χ1v) is 19.8. The predicted molar refractivity (Wildman–Crippen MR) is 203 cm³/mol. The highest BCUT2D eigenvalue weighted by Gasteiger charge is 2.42. The Bertz CT molecular complexity index is 1800. The molecule has 2 aliphatic heterocycles. The van der Waals surface area contributed by atoms with Crippen molar-refractivity contribution in [2.45, 2.75) is 76.3 Å². The van der Waals surface area contributed by atoms with E-state index < -0.39 is 0 Å². The highest BCUT2D eigenvalue weighted by atomic mass is 16.5. The summed E-state index contributed by atoms with van der Waals surface area (Å²) in [5, 5.41) is 5.47. The average Bonchev–Trinajstić information content (AvgIpc) is 4.00. The molecule has 6 aliphatic rings. The number of likely N-dealkylation sites (tertiary alicyclic amines) is 2. The van der Waals surface area contributed by atoms with Crippen molar-refractivity contribution in [3.63, 3.8) is 0 Å². The van der Waals surface area contributed by atoms with E-state index in [0.29, 0.717) is 12.1 Å². The van der Waals surface area contributed by atoms with E-state index in [2.05, 4.69) is 94.7 Å². The second-order valence-corrected chi connectivity index (χ2v) is 16.5. The molecular formula is C46H52N2O. The lowest BCUT2D eigenvalue weighted by Gasteiger charge is -2.31. The Balaban J connectivity index is 0.813. The SMILES string of the molecule is c1ccc2cc(C3=C(CN4CCCC4COCC4CCCN4CC4=C(c5ccc6ccccc6c5)C5CCC4C5)C4CCC3C4)ccc2c1. The van der Waals surface area contributed by atoms with Gasteiger partial charge in [-0.15, -0.1) is 0 Å². The maximum Gasteiger partial charge on any atom is 0.0622 e. The molecule has 6 atom stereocenters. The van der Waals surface area contributed by atoms with Crippen molar-refractivity contribution in [3.8, 4) is 0 Å². The van der Waals surface area contributed by atoms with Crippen molar-refractivity contribution in [2.75, 3.05) is 39.4 Å². The van der Waals surface area contributed by atoms with Gasteiger partial charge in [0, 0.05) is 25.2 Å². The number of ether oxygens (including phenoxy) is 1. The zero-order valence-corrected chi connectivity index (χ0v) is 29.2. The third kappa shape index (κ3) is 5.61. The number of hydrogen-bond donors (Lipinski definition) is 0. The van der Waals surface area contributed by atoms with Crippen LogP contribution in [0.2, 0.25) is 0 Å². The smallest absolute Gasteiger partial charge is 0.0622 e. The molecule has 4 aromatic carbocycles. The maximum atomic E-state index is 6.72. The lowest BCUT2D eigenvalue weighted by molar-refractivity contribution is 0.0460. The molecule has 4 aliphatic carbocycles. The minimum Gasteiger partial charge on any atom is -0.378 e. The van der Waals surface area contributed by atoms with Crippen molar-refractivity contribution < 1.29 is 4.74 Å². The normalized spacial score (nSPS) is 30.0. The zero-order chi connectivity index (χ0) is 32.3. The molecule has 4 aromatic rings. The number of rotatable bonds is 10. The predicted octanol–water partition coefficient (Wildman–Crippen LogP) is 10.0. The van der Waals surface area contributed by atoms with Crippen LogP contribution in [0.4, 0.5) is 0 Å². The van der Waals surface area contributed by atoms with E-state index in [1.165, 1.54) is 110 Å². The molecule has 0 N–H and O–H groups in total. The lowest BCUT2D eigenvalue weighted by Crippen LogP contribution is -2.39. The Morgan fingerprint density at radius 1 is 0.490 bits per heavy atom. The third-order valence-electron chi connectivity index (χ3n) is 13.8. The van der Waals surface area contributed by atoms with Gasteiger partial charge in [-0.25, -0.2) is 0 Å². The minimum atomic E-state index is 0.562. The molecule has 6 unspecified atom stereocenters. The fourth-order valence-electron chi connectivity index (χ4n) is 11.4. The molecule has 49 heavy (non-hydrogen) atoms. The summed E-state index contributed by atoms with van der Waals surface area (Å²) < 4.78 is 6.72. The van der Waals surface area contributed by atoms with E-state index in [1.807, 2.05) is 0 Å². The van der Waals surface area contributed by atoms with Crippen molar-refractivity contribution in [2.24, 2.45) is 23.7 Å². The van der Waals surface area contributed by atoms with Gasteiger partial charge in [0.15, 0.2) is 0 Å². The molecule has 3 heteroatoms. The van der Waals surface area contributed by atoms with Gasteiger partial charge in [-0.1, -0.05) is 72.8 Å². The number of allylic oxidation sites excluding steroid dienone is 2. The molecule has 0 aromatic heterocycles. The summed E-state index contributed by atoms with van der Waals surface area (Å²) in [5.74, 6) is 3.11. The van der Waals surface area contributed by atoms with Gasteiger partial charge in [0.2, 0.25) is 0 Å². The standard InChI is InChI=1S/C46H52N2O/c1-3-9-33-23-37(17-13-31(33)7-1)45-39-19-15-35(25-39)43(45)27-47-21-5-11-41(47)29-49-30-42-12-6-22-48(42)28-44-36-16-20-40(26-36)46(44)38-18-14-32-8-2-4-10-34(32)24-38/h1-4,7-10,13-14,17-18,23-24,35-36,39-42H,5-6,11-12,15-16,19-22,25-30H2. The number of fused-ring (bicyclic) bond motifs is 6. The number of benzene rings is 4. The second kappa shape index (κ2) is 12.8. The van der Waals surface area contributed by atoms with Crippen LogP contribution in [0.3, 0.4) is 0 Å². The molecule has 0 spiro atoms. The van der Waals surface area contributed by atoms with Gasteiger partial charge in [-0.2, -0.15) is 0 Å². The van der Waals surface area contributed by atoms with Gasteiger partial charge in [-0.05, 0) is 168 Å². The zero-order valence-electron chi connectivity index (χ0n) is 29.2. The molecule has 0 radical (unpaired) electrons. The summed E-state index contributed by atoms with van der Waals surface area (Å²) in [4.78, 5) is 5.61. The Hall–Kier alpha value is -3.24. The fourth-order valence-corrected chi connectivity index (χ4v) is 11.4. The van der Waals surface area contributed by atoms with Gasteiger partial charge in [-0.3, -0.25) is 9.80 Å². The van der Waals surface area contributed by atoms with Crippen molar-refractivity contribution in [1.29, 1.82) is 0 Å². The van der Waals surface area contributed by atoms with E-state index >= 15 is 0 Å². The minimum absolute atomic E-state index is 0.562. The second-order valence-electron chi connectivity index (χ2n) is 16.5. The summed E-state index contributed by atoms with van der Waals surface area (Å²) in [6.07, 6.45) is 13.5. The van der Waals surface area contributed by atoms with Crippen LogP contribution in [0.15, 0.2) is 96.1 Å². The van der Waals surface area contributed by atoms with Gasteiger partial charge in [0.25, 0.3) is 0 Å². The monoisotopic (exact) mass is 648 g/mol. The van der Waals surface area contributed by atoms with Gasteiger partial charge < -0.3 is 4.74 Å². The molecular weight excluding hydrogens is 597 g/mol. The molecule has 0 amide bonds. The first-order chi connectivity index (χ1) is 24.2.